The van der Waals surface area contributed by atoms with Crippen LogP contribution >= 0.6 is 0 Å². The minimum atomic E-state index is 0.160. The van der Waals surface area contributed by atoms with Gasteiger partial charge in [0, 0.05) is 11.5 Å². The molecule has 0 aromatic heterocycles. The summed E-state index contributed by atoms with van der Waals surface area (Å²) in [5, 5.41) is 9.08. The van der Waals surface area contributed by atoms with Crippen molar-refractivity contribution >= 4 is 0 Å². The van der Waals surface area contributed by atoms with E-state index in [1.807, 2.05) is 12.1 Å². The number of phenols is 1. The predicted octanol–water partition coefficient (Wildman–Crippen LogP) is 1.38. The molecule has 0 amide bonds. The van der Waals surface area contributed by atoms with Crippen molar-refractivity contribution in [3.63, 3.8) is 0 Å². The highest BCUT2D eigenvalue weighted by atomic mass is 16.3. The molecule has 2 atom stereocenters. The number of benzene rings is 1. The van der Waals surface area contributed by atoms with Gasteiger partial charge in [0.1, 0.15) is 5.75 Å². The Morgan fingerprint density at radius 1 is 1.42 bits per heavy atom. The molecule has 2 heteroatoms. The number of hydrogen-bond acceptors (Lipinski definition) is 2. The molecule has 0 bridgehead atoms. The van der Waals surface area contributed by atoms with Crippen LogP contribution in [0.15, 0.2) is 24.3 Å². The Morgan fingerprint density at radius 3 is 2.33 bits per heavy atom. The van der Waals surface area contributed by atoms with E-state index in [1.165, 1.54) is 5.56 Å². The second-order valence-electron chi connectivity index (χ2n) is 3.77. The van der Waals surface area contributed by atoms with Crippen LogP contribution in [0.4, 0.5) is 0 Å². The van der Waals surface area contributed by atoms with Crippen LogP contribution in [0.1, 0.15) is 18.9 Å². The zero-order valence-corrected chi connectivity index (χ0v) is 7.12. The lowest BCUT2D eigenvalue weighted by Crippen LogP contribution is -2.14. The normalized spacial score (nSPS) is 33.3. The highest BCUT2D eigenvalue weighted by Crippen LogP contribution is 2.46. The maximum absolute atomic E-state index is 9.08. The van der Waals surface area contributed by atoms with Crippen molar-refractivity contribution in [2.45, 2.75) is 24.8 Å². The van der Waals surface area contributed by atoms with Gasteiger partial charge in [-0.25, -0.2) is 0 Å². The third-order valence-corrected chi connectivity index (χ3v) is 2.83. The Balaban J connectivity index is 2.31. The van der Waals surface area contributed by atoms with Gasteiger partial charge in [-0.2, -0.15) is 0 Å². The van der Waals surface area contributed by atoms with Crippen molar-refractivity contribution in [2.75, 3.05) is 0 Å². The summed E-state index contributed by atoms with van der Waals surface area (Å²) in [6.45, 7) is 2.16. The Morgan fingerprint density at radius 2 is 1.92 bits per heavy atom. The molecule has 1 aromatic rings. The molecule has 12 heavy (non-hydrogen) atoms. The van der Waals surface area contributed by atoms with Crippen molar-refractivity contribution in [2.24, 2.45) is 5.73 Å². The number of phenolic OH excluding ortho intramolecular Hbond substituents is 1. The molecule has 2 rings (SSSR count). The van der Waals surface area contributed by atoms with E-state index in [-0.39, 0.29) is 5.41 Å². The molecule has 0 heterocycles. The summed E-state index contributed by atoms with van der Waals surface area (Å²) in [4.78, 5) is 0. The van der Waals surface area contributed by atoms with E-state index >= 15 is 0 Å². The van der Waals surface area contributed by atoms with Crippen LogP contribution in [0.25, 0.3) is 0 Å². The SMILES string of the molecule is C[C@]1(c2ccc(O)cc2)C[C@@H]1N. The molecule has 0 saturated heterocycles. The van der Waals surface area contributed by atoms with Crippen LogP contribution in [0.2, 0.25) is 0 Å². The van der Waals surface area contributed by atoms with E-state index in [1.54, 1.807) is 12.1 Å². The first-order valence-electron chi connectivity index (χ1n) is 4.18. The molecule has 0 unspecified atom stereocenters. The fourth-order valence-electron chi connectivity index (χ4n) is 1.57. The van der Waals surface area contributed by atoms with Gasteiger partial charge in [0.05, 0.1) is 0 Å². The molecule has 1 aliphatic rings. The highest BCUT2D eigenvalue weighted by Gasteiger charge is 2.48. The molecule has 0 aliphatic heterocycles. The summed E-state index contributed by atoms with van der Waals surface area (Å²) < 4.78 is 0. The first-order chi connectivity index (χ1) is 5.63. The fraction of sp³-hybridized carbons (Fsp3) is 0.400. The fourth-order valence-corrected chi connectivity index (χ4v) is 1.57. The number of aromatic hydroxyl groups is 1. The number of rotatable bonds is 1. The quantitative estimate of drug-likeness (QED) is 0.657. The molecule has 2 nitrogen and oxygen atoms in total. The van der Waals surface area contributed by atoms with E-state index in [0.29, 0.717) is 11.8 Å². The van der Waals surface area contributed by atoms with Gasteiger partial charge in [-0.05, 0) is 24.1 Å². The average molecular weight is 163 g/mol. The van der Waals surface area contributed by atoms with Gasteiger partial charge in [-0.1, -0.05) is 19.1 Å². The molecular formula is C10H13NO. The molecular weight excluding hydrogens is 150 g/mol. The molecule has 1 aliphatic carbocycles. The van der Waals surface area contributed by atoms with Gasteiger partial charge >= 0.3 is 0 Å². The summed E-state index contributed by atoms with van der Waals surface area (Å²) in [7, 11) is 0. The van der Waals surface area contributed by atoms with Gasteiger partial charge in [0.2, 0.25) is 0 Å². The van der Waals surface area contributed by atoms with Gasteiger partial charge in [-0.3, -0.25) is 0 Å². The standard InChI is InChI=1S/C10H13NO/c1-10(6-9(10)11)7-2-4-8(12)5-3-7/h2-5,9,12H,6,11H2,1H3/t9-,10+/m0/s1. The molecule has 1 saturated carbocycles. The third kappa shape index (κ3) is 0.994. The molecule has 64 valence electrons. The lowest BCUT2D eigenvalue weighted by atomic mass is 9.97. The summed E-state index contributed by atoms with van der Waals surface area (Å²) in [6.07, 6.45) is 1.05. The van der Waals surface area contributed by atoms with Gasteiger partial charge in [0.25, 0.3) is 0 Å². The summed E-state index contributed by atoms with van der Waals surface area (Å²) in [5.74, 6) is 0.316. The van der Waals surface area contributed by atoms with Gasteiger partial charge in [0.15, 0.2) is 0 Å². The zero-order chi connectivity index (χ0) is 8.77. The monoisotopic (exact) mass is 163 g/mol. The predicted molar refractivity (Wildman–Crippen MR) is 48.1 cm³/mol. The Kier molecular flexibility index (Phi) is 1.42. The number of hydrogen-bond donors (Lipinski definition) is 2. The van der Waals surface area contributed by atoms with Crippen LogP contribution in [-0.4, -0.2) is 11.1 Å². The van der Waals surface area contributed by atoms with E-state index in [0.717, 1.165) is 6.42 Å². The molecule has 3 N–H and O–H groups in total. The van der Waals surface area contributed by atoms with Crippen LogP contribution in [-0.2, 0) is 5.41 Å². The largest absolute Gasteiger partial charge is 0.508 e. The summed E-state index contributed by atoms with van der Waals surface area (Å²) >= 11 is 0. The minimum Gasteiger partial charge on any atom is -0.508 e. The average Bonchev–Trinajstić information content (AvgIpc) is 2.62. The van der Waals surface area contributed by atoms with Crippen LogP contribution in [0.5, 0.6) is 5.75 Å². The Bertz CT molecular complexity index is 293. The second kappa shape index (κ2) is 2.23. The first-order valence-corrected chi connectivity index (χ1v) is 4.18. The smallest absolute Gasteiger partial charge is 0.115 e. The molecule has 0 spiro atoms. The Hall–Kier alpha value is -1.02. The second-order valence-corrected chi connectivity index (χ2v) is 3.77. The summed E-state index contributed by atoms with van der Waals surface area (Å²) in [5.41, 5.74) is 7.20. The van der Waals surface area contributed by atoms with E-state index < -0.39 is 0 Å². The third-order valence-electron chi connectivity index (χ3n) is 2.83. The van der Waals surface area contributed by atoms with Crippen LogP contribution < -0.4 is 5.73 Å². The maximum atomic E-state index is 9.08. The Labute approximate surface area is 72.0 Å². The topological polar surface area (TPSA) is 46.2 Å². The van der Waals surface area contributed by atoms with Crippen LogP contribution in [0.3, 0.4) is 0 Å². The van der Waals surface area contributed by atoms with E-state index in [9.17, 15) is 0 Å². The van der Waals surface area contributed by atoms with E-state index in [2.05, 4.69) is 6.92 Å². The van der Waals surface area contributed by atoms with Crippen molar-refractivity contribution in [1.82, 2.24) is 0 Å². The molecule has 1 fully saturated rings. The first kappa shape index (κ1) is 7.62. The van der Waals surface area contributed by atoms with Crippen molar-refractivity contribution < 1.29 is 5.11 Å². The minimum absolute atomic E-state index is 0.160. The van der Waals surface area contributed by atoms with Crippen LogP contribution in [0, 0.1) is 0 Å². The van der Waals surface area contributed by atoms with E-state index in [4.69, 9.17) is 10.8 Å². The lowest BCUT2D eigenvalue weighted by Gasteiger charge is -2.09. The zero-order valence-electron chi connectivity index (χ0n) is 7.12. The lowest BCUT2D eigenvalue weighted by molar-refractivity contribution is 0.475. The highest BCUT2D eigenvalue weighted by molar-refractivity contribution is 5.37. The van der Waals surface area contributed by atoms with Crippen molar-refractivity contribution in [3.8, 4) is 5.75 Å². The molecule has 1 aromatic carbocycles. The maximum Gasteiger partial charge on any atom is 0.115 e. The van der Waals surface area contributed by atoms with Crippen molar-refractivity contribution in [1.29, 1.82) is 0 Å². The number of nitrogens with two attached hydrogens (primary N) is 1. The summed E-state index contributed by atoms with van der Waals surface area (Å²) in [6, 6.07) is 7.61. The molecule has 0 radical (unpaired) electrons. The van der Waals surface area contributed by atoms with Gasteiger partial charge < -0.3 is 10.8 Å². The van der Waals surface area contributed by atoms with Crippen molar-refractivity contribution in [3.05, 3.63) is 29.8 Å². The van der Waals surface area contributed by atoms with Gasteiger partial charge in [-0.15, -0.1) is 0 Å².